The molecule has 2 unspecified atom stereocenters. The second-order valence-corrected chi connectivity index (χ2v) is 9.72. The van der Waals surface area contributed by atoms with Crippen molar-refractivity contribution in [3.63, 3.8) is 0 Å². The minimum Gasteiger partial charge on any atom is -0.337 e. The van der Waals surface area contributed by atoms with E-state index < -0.39 is 0 Å². The average molecular weight is 474 g/mol. The number of nitrogens with zero attached hydrogens (tertiary/aromatic N) is 4. The van der Waals surface area contributed by atoms with Gasteiger partial charge in [0.2, 0.25) is 5.95 Å². The number of rotatable bonds is 4. The van der Waals surface area contributed by atoms with Gasteiger partial charge in [-0.1, -0.05) is 24.3 Å². The van der Waals surface area contributed by atoms with Crippen molar-refractivity contribution in [3.8, 4) is 17.1 Å². The minimum absolute atomic E-state index is 0.0624. The van der Waals surface area contributed by atoms with Gasteiger partial charge in [0.25, 0.3) is 5.91 Å². The van der Waals surface area contributed by atoms with Crippen LogP contribution >= 0.6 is 11.8 Å². The Bertz CT molecular complexity index is 1370. The van der Waals surface area contributed by atoms with Crippen molar-refractivity contribution in [2.75, 3.05) is 25.9 Å². The van der Waals surface area contributed by atoms with Crippen LogP contribution < -0.4 is 5.32 Å². The molecule has 8 heteroatoms. The standard InChI is InChI=1S/C26H24FN5OS/c1-34-24-15-32(26-29-11-18(12-30-26)19-4-2-3-5-21(19)27)23-10-16(6-7-20(23)24)25(33)31-13-17-8-9-28-22(17)14-31/h2-7,10-12,15,17,22,28H,8-9,13-14H2,1H3. The summed E-state index contributed by atoms with van der Waals surface area (Å²) in [7, 11) is 0. The molecule has 2 atom stereocenters. The maximum Gasteiger partial charge on any atom is 0.253 e. The molecule has 2 aromatic carbocycles. The van der Waals surface area contributed by atoms with Crippen LogP contribution in [-0.2, 0) is 0 Å². The molecule has 6 nitrogen and oxygen atoms in total. The highest BCUT2D eigenvalue weighted by Crippen LogP contribution is 2.32. The van der Waals surface area contributed by atoms with Crippen LogP contribution in [0.25, 0.3) is 28.0 Å². The van der Waals surface area contributed by atoms with Crippen LogP contribution in [0.1, 0.15) is 16.8 Å². The van der Waals surface area contributed by atoms with Crippen LogP contribution in [0.15, 0.2) is 66.0 Å². The Balaban J connectivity index is 1.36. The van der Waals surface area contributed by atoms with E-state index in [0.717, 1.165) is 41.9 Å². The molecule has 6 rings (SSSR count). The van der Waals surface area contributed by atoms with Gasteiger partial charge in [-0.05, 0) is 43.3 Å². The van der Waals surface area contributed by atoms with Crippen LogP contribution in [0.3, 0.4) is 0 Å². The lowest BCUT2D eigenvalue weighted by Crippen LogP contribution is -2.33. The summed E-state index contributed by atoms with van der Waals surface area (Å²) < 4.78 is 16.1. The van der Waals surface area contributed by atoms with Crippen LogP contribution in [0.2, 0.25) is 0 Å². The molecule has 2 aliphatic rings. The number of nitrogens with one attached hydrogen (secondary N) is 1. The number of amides is 1. The molecule has 2 saturated heterocycles. The van der Waals surface area contributed by atoms with Gasteiger partial charge in [-0.3, -0.25) is 9.36 Å². The summed E-state index contributed by atoms with van der Waals surface area (Å²) in [5.74, 6) is 0.794. The molecule has 4 heterocycles. The summed E-state index contributed by atoms with van der Waals surface area (Å²) >= 11 is 1.64. The molecule has 0 saturated carbocycles. The second kappa shape index (κ2) is 8.52. The van der Waals surface area contributed by atoms with Crippen LogP contribution in [0.5, 0.6) is 0 Å². The first-order chi connectivity index (χ1) is 16.6. The van der Waals surface area contributed by atoms with Gasteiger partial charge in [-0.15, -0.1) is 11.8 Å². The zero-order chi connectivity index (χ0) is 23.2. The van der Waals surface area contributed by atoms with Gasteiger partial charge in [-0.2, -0.15) is 0 Å². The smallest absolute Gasteiger partial charge is 0.253 e. The molecular formula is C26H24FN5OS. The maximum absolute atomic E-state index is 14.2. The minimum atomic E-state index is -0.306. The van der Waals surface area contributed by atoms with E-state index in [-0.39, 0.29) is 11.7 Å². The number of hydrogen-bond acceptors (Lipinski definition) is 5. The third kappa shape index (κ3) is 3.58. The van der Waals surface area contributed by atoms with Crippen molar-refractivity contribution in [1.29, 1.82) is 0 Å². The van der Waals surface area contributed by atoms with Gasteiger partial charge in [0.05, 0.1) is 5.52 Å². The predicted molar refractivity (Wildman–Crippen MR) is 132 cm³/mol. The molecule has 0 bridgehead atoms. The Morgan fingerprint density at radius 1 is 1.15 bits per heavy atom. The third-order valence-electron chi connectivity index (χ3n) is 6.92. The van der Waals surface area contributed by atoms with Crippen LogP contribution in [0.4, 0.5) is 4.39 Å². The molecule has 0 aliphatic carbocycles. The quantitative estimate of drug-likeness (QED) is 0.446. The summed E-state index contributed by atoms with van der Waals surface area (Å²) in [5, 5.41) is 4.55. The number of carbonyl (C=O) groups is 1. The second-order valence-electron chi connectivity index (χ2n) is 8.87. The number of halogens is 1. The molecular weight excluding hydrogens is 449 g/mol. The van der Waals surface area contributed by atoms with Gasteiger partial charge >= 0.3 is 0 Å². The van der Waals surface area contributed by atoms with E-state index >= 15 is 0 Å². The zero-order valence-electron chi connectivity index (χ0n) is 18.7. The van der Waals surface area contributed by atoms with Gasteiger partial charge in [0.15, 0.2) is 0 Å². The van der Waals surface area contributed by atoms with Gasteiger partial charge in [0, 0.05) is 64.7 Å². The zero-order valence-corrected chi connectivity index (χ0v) is 19.6. The predicted octanol–water partition coefficient (Wildman–Crippen LogP) is 4.38. The lowest BCUT2D eigenvalue weighted by molar-refractivity contribution is 0.0782. The largest absolute Gasteiger partial charge is 0.337 e. The number of likely N-dealkylation sites (tertiary alicyclic amines) is 1. The monoisotopic (exact) mass is 473 g/mol. The molecule has 172 valence electrons. The van der Waals surface area contributed by atoms with Crippen molar-refractivity contribution in [2.24, 2.45) is 5.92 Å². The van der Waals surface area contributed by atoms with E-state index in [1.54, 1.807) is 42.4 Å². The van der Waals surface area contributed by atoms with Gasteiger partial charge in [0.1, 0.15) is 5.82 Å². The molecule has 2 aliphatic heterocycles. The summed E-state index contributed by atoms with van der Waals surface area (Å²) in [5.41, 5.74) is 2.63. The highest BCUT2D eigenvalue weighted by Gasteiger charge is 2.38. The molecule has 2 aromatic heterocycles. The number of aromatic nitrogens is 3. The maximum atomic E-state index is 14.2. The highest BCUT2D eigenvalue weighted by atomic mass is 32.2. The van der Waals surface area contributed by atoms with Crippen LogP contribution in [0, 0.1) is 11.7 Å². The number of benzene rings is 2. The third-order valence-corrected chi connectivity index (χ3v) is 7.69. The summed E-state index contributed by atoms with van der Waals surface area (Å²) in [6, 6.07) is 12.9. The normalized spacial score (nSPS) is 19.6. The molecule has 0 radical (unpaired) electrons. The number of fused-ring (bicyclic) bond motifs is 2. The van der Waals surface area contributed by atoms with Crippen LogP contribution in [-0.4, -0.2) is 57.3 Å². The fourth-order valence-electron chi connectivity index (χ4n) is 5.13. The molecule has 0 spiro atoms. The molecule has 34 heavy (non-hydrogen) atoms. The summed E-state index contributed by atoms with van der Waals surface area (Å²) in [6.45, 7) is 2.62. The van der Waals surface area contributed by atoms with E-state index in [1.165, 1.54) is 6.07 Å². The summed E-state index contributed by atoms with van der Waals surface area (Å²) in [4.78, 5) is 25.4. The first-order valence-electron chi connectivity index (χ1n) is 11.4. The Hall–Kier alpha value is -3.23. The summed E-state index contributed by atoms with van der Waals surface area (Å²) in [6.07, 6.45) is 8.42. The van der Waals surface area contributed by atoms with E-state index in [2.05, 4.69) is 15.3 Å². The number of thioether (sulfide) groups is 1. The van der Waals surface area contributed by atoms with Crippen molar-refractivity contribution >= 4 is 28.6 Å². The number of carbonyl (C=O) groups excluding carboxylic acids is 1. The Morgan fingerprint density at radius 3 is 2.74 bits per heavy atom. The van der Waals surface area contributed by atoms with Gasteiger partial charge < -0.3 is 10.2 Å². The SMILES string of the molecule is CSc1cn(-c2ncc(-c3ccccc3F)cn2)c2cc(C(=O)N3CC4CCNC4C3)ccc12. The molecule has 4 aromatic rings. The van der Waals surface area contributed by atoms with E-state index in [4.69, 9.17) is 0 Å². The molecule has 1 amide bonds. The Labute approximate surface area is 201 Å². The van der Waals surface area contributed by atoms with Gasteiger partial charge in [-0.25, -0.2) is 14.4 Å². The lowest BCUT2D eigenvalue weighted by Gasteiger charge is -2.17. The topological polar surface area (TPSA) is 63.1 Å². The Morgan fingerprint density at radius 2 is 1.97 bits per heavy atom. The van der Waals surface area contributed by atoms with Crippen molar-refractivity contribution in [1.82, 2.24) is 24.8 Å². The fraction of sp³-hybridized carbons (Fsp3) is 0.269. The van der Waals surface area contributed by atoms with E-state index in [0.29, 0.717) is 34.6 Å². The van der Waals surface area contributed by atoms with E-state index in [1.807, 2.05) is 40.1 Å². The van der Waals surface area contributed by atoms with Crippen molar-refractivity contribution in [3.05, 3.63) is 72.4 Å². The van der Waals surface area contributed by atoms with Crippen molar-refractivity contribution < 1.29 is 9.18 Å². The average Bonchev–Trinajstić information content (AvgIpc) is 3.57. The Kier molecular flexibility index (Phi) is 5.34. The fourth-order valence-corrected chi connectivity index (χ4v) is 5.74. The van der Waals surface area contributed by atoms with Crippen molar-refractivity contribution in [2.45, 2.75) is 17.4 Å². The molecule has 1 N–H and O–H groups in total. The van der Waals surface area contributed by atoms with E-state index in [9.17, 15) is 9.18 Å². The lowest BCUT2D eigenvalue weighted by atomic mass is 10.1. The first kappa shape index (κ1) is 21.3. The molecule has 2 fully saturated rings. The first-order valence-corrected chi connectivity index (χ1v) is 12.6. The number of hydrogen-bond donors (Lipinski definition) is 1. The highest BCUT2D eigenvalue weighted by molar-refractivity contribution is 7.98.